The van der Waals surface area contributed by atoms with Crippen molar-refractivity contribution in [3.8, 4) is 5.75 Å². The number of amides is 1. The van der Waals surface area contributed by atoms with E-state index in [0.29, 0.717) is 6.42 Å². The van der Waals surface area contributed by atoms with Gasteiger partial charge in [0.2, 0.25) is 5.91 Å². The van der Waals surface area contributed by atoms with Crippen LogP contribution in [0, 0.1) is 0 Å². The number of methoxy groups -OCH3 is 1. The zero-order valence-corrected chi connectivity index (χ0v) is 12.7. The van der Waals surface area contributed by atoms with Crippen LogP contribution in [0.4, 0.5) is 5.69 Å². The number of carbonyl (C=O) groups is 1. The van der Waals surface area contributed by atoms with Crippen LogP contribution in [0.2, 0.25) is 0 Å². The normalized spacial score (nSPS) is 17.8. The van der Waals surface area contributed by atoms with Crippen molar-refractivity contribution >= 4 is 38.9 Å². The molecule has 0 radical (unpaired) electrons. The number of rotatable bonds is 2. The minimum Gasteiger partial charge on any atom is -0.496 e. The van der Waals surface area contributed by atoms with Gasteiger partial charge in [-0.2, -0.15) is 0 Å². The average molecular weight is 338 g/mol. The van der Waals surface area contributed by atoms with Gasteiger partial charge in [0.05, 0.1) is 12.8 Å². The van der Waals surface area contributed by atoms with Gasteiger partial charge in [-0.3, -0.25) is 4.79 Å². The van der Waals surface area contributed by atoms with Crippen LogP contribution in [-0.4, -0.2) is 13.0 Å². The molecule has 1 unspecified atom stereocenters. The van der Waals surface area contributed by atoms with E-state index in [0.717, 1.165) is 21.5 Å². The van der Waals surface area contributed by atoms with Gasteiger partial charge in [-0.1, -0.05) is 15.9 Å². The third kappa shape index (κ3) is 2.28. The van der Waals surface area contributed by atoms with E-state index >= 15 is 0 Å². The lowest BCUT2D eigenvalue weighted by molar-refractivity contribution is -0.116. The number of nitrogens with one attached hydrogen (secondary N) is 1. The lowest BCUT2D eigenvalue weighted by atomic mass is 9.90. The molecular weight excluding hydrogens is 326 g/mol. The second-order valence-corrected chi connectivity index (χ2v) is 6.25. The molecule has 1 aromatic carbocycles. The van der Waals surface area contributed by atoms with E-state index in [2.05, 4.69) is 21.2 Å². The summed E-state index contributed by atoms with van der Waals surface area (Å²) in [5.74, 6) is 0.941. The summed E-state index contributed by atoms with van der Waals surface area (Å²) < 4.78 is 6.43. The van der Waals surface area contributed by atoms with Gasteiger partial charge >= 0.3 is 0 Å². The van der Waals surface area contributed by atoms with Crippen LogP contribution < -0.4 is 10.1 Å². The van der Waals surface area contributed by atoms with E-state index in [1.54, 1.807) is 18.4 Å². The zero-order chi connectivity index (χ0) is 13.4. The molecule has 0 saturated heterocycles. The number of ether oxygens (including phenoxy) is 1. The van der Waals surface area contributed by atoms with Crippen molar-refractivity contribution in [2.45, 2.75) is 12.3 Å². The third-order valence-corrected chi connectivity index (χ3v) is 4.77. The highest BCUT2D eigenvalue weighted by Gasteiger charge is 2.29. The second kappa shape index (κ2) is 4.98. The highest BCUT2D eigenvalue weighted by Crippen LogP contribution is 2.44. The molecule has 98 valence electrons. The van der Waals surface area contributed by atoms with Gasteiger partial charge in [-0.15, -0.1) is 11.3 Å². The van der Waals surface area contributed by atoms with Crippen molar-refractivity contribution < 1.29 is 9.53 Å². The van der Waals surface area contributed by atoms with Crippen LogP contribution in [0.1, 0.15) is 22.8 Å². The zero-order valence-electron chi connectivity index (χ0n) is 10.3. The number of hydrogen-bond donors (Lipinski definition) is 1. The molecule has 0 aliphatic carbocycles. The Morgan fingerprint density at radius 3 is 3.05 bits per heavy atom. The largest absolute Gasteiger partial charge is 0.496 e. The van der Waals surface area contributed by atoms with Gasteiger partial charge in [-0.05, 0) is 29.6 Å². The van der Waals surface area contributed by atoms with E-state index in [9.17, 15) is 4.79 Å². The maximum atomic E-state index is 11.8. The Kier molecular flexibility index (Phi) is 3.33. The molecule has 1 N–H and O–H groups in total. The summed E-state index contributed by atoms with van der Waals surface area (Å²) in [6.07, 6.45) is 0.459. The van der Waals surface area contributed by atoms with Gasteiger partial charge in [0.1, 0.15) is 5.75 Å². The van der Waals surface area contributed by atoms with Crippen LogP contribution in [0.5, 0.6) is 5.75 Å². The van der Waals surface area contributed by atoms with Gasteiger partial charge < -0.3 is 10.1 Å². The maximum Gasteiger partial charge on any atom is 0.225 e. The third-order valence-electron chi connectivity index (χ3n) is 3.24. The lowest BCUT2D eigenvalue weighted by Crippen LogP contribution is -2.22. The SMILES string of the molecule is COc1ccc(Br)cc1C1CC(=O)Nc2ccsc21. The Balaban J connectivity index is 2.13. The number of benzene rings is 1. The van der Waals surface area contributed by atoms with E-state index in [-0.39, 0.29) is 11.8 Å². The number of carbonyl (C=O) groups excluding carboxylic acids is 1. The first-order chi connectivity index (χ1) is 9.19. The standard InChI is InChI=1S/C14H12BrNO2S/c1-18-12-3-2-8(15)6-9(12)10-7-13(17)16-11-4-5-19-14(10)11/h2-6,10H,7H2,1H3,(H,16,17). The number of thiophene rings is 1. The summed E-state index contributed by atoms with van der Waals surface area (Å²) in [4.78, 5) is 13.0. The molecular formula is C14H12BrNO2S. The number of hydrogen-bond acceptors (Lipinski definition) is 3. The van der Waals surface area contributed by atoms with Crippen molar-refractivity contribution in [2.75, 3.05) is 12.4 Å². The Morgan fingerprint density at radius 1 is 1.42 bits per heavy atom. The Bertz CT molecular complexity index is 638. The topological polar surface area (TPSA) is 38.3 Å². The second-order valence-electron chi connectivity index (χ2n) is 4.39. The van der Waals surface area contributed by atoms with Gasteiger partial charge in [0.15, 0.2) is 0 Å². The van der Waals surface area contributed by atoms with Crippen molar-refractivity contribution in [2.24, 2.45) is 0 Å². The molecule has 5 heteroatoms. The summed E-state index contributed by atoms with van der Waals surface area (Å²) in [6.45, 7) is 0. The van der Waals surface area contributed by atoms with Crippen LogP contribution in [0.15, 0.2) is 34.1 Å². The summed E-state index contributed by atoms with van der Waals surface area (Å²) in [7, 11) is 1.66. The Labute approximate surface area is 123 Å². The number of anilines is 1. The molecule has 0 saturated carbocycles. The highest BCUT2D eigenvalue weighted by atomic mass is 79.9. The van der Waals surface area contributed by atoms with Gasteiger partial charge in [0, 0.05) is 27.3 Å². The maximum absolute atomic E-state index is 11.8. The van der Waals surface area contributed by atoms with E-state index < -0.39 is 0 Å². The fourth-order valence-corrected chi connectivity index (χ4v) is 3.75. The predicted molar refractivity (Wildman–Crippen MR) is 80.1 cm³/mol. The molecule has 0 fully saturated rings. The smallest absolute Gasteiger partial charge is 0.225 e. The Hall–Kier alpha value is -1.33. The van der Waals surface area contributed by atoms with Crippen molar-refractivity contribution in [1.82, 2.24) is 0 Å². The van der Waals surface area contributed by atoms with Crippen LogP contribution >= 0.6 is 27.3 Å². The molecule has 1 aliphatic rings. The first-order valence-electron chi connectivity index (χ1n) is 5.89. The van der Waals surface area contributed by atoms with Crippen LogP contribution in [0.25, 0.3) is 0 Å². The molecule has 1 aromatic heterocycles. The monoisotopic (exact) mass is 337 g/mol. The summed E-state index contributed by atoms with van der Waals surface area (Å²) in [6, 6.07) is 7.86. The van der Waals surface area contributed by atoms with Crippen molar-refractivity contribution in [3.05, 3.63) is 44.6 Å². The van der Waals surface area contributed by atoms with Gasteiger partial charge in [-0.25, -0.2) is 0 Å². The molecule has 2 aromatic rings. The van der Waals surface area contributed by atoms with Crippen LogP contribution in [0.3, 0.4) is 0 Å². The minimum atomic E-state index is 0.0536. The van der Waals surface area contributed by atoms with Crippen LogP contribution in [-0.2, 0) is 4.79 Å². The summed E-state index contributed by atoms with van der Waals surface area (Å²) in [5, 5.41) is 4.92. The van der Waals surface area contributed by atoms with Gasteiger partial charge in [0.25, 0.3) is 0 Å². The van der Waals surface area contributed by atoms with E-state index in [1.165, 1.54) is 4.88 Å². The minimum absolute atomic E-state index is 0.0536. The fraction of sp³-hybridized carbons (Fsp3) is 0.214. The predicted octanol–water partition coefficient (Wildman–Crippen LogP) is 3.99. The molecule has 0 spiro atoms. The first-order valence-corrected chi connectivity index (χ1v) is 7.57. The highest BCUT2D eigenvalue weighted by molar-refractivity contribution is 9.10. The van der Waals surface area contributed by atoms with E-state index in [1.807, 2.05) is 29.6 Å². The Morgan fingerprint density at radius 2 is 2.26 bits per heavy atom. The molecule has 0 bridgehead atoms. The van der Waals surface area contributed by atoms with E-state index in [4.69, 9.17) is 4.74 Å². The summed E-state index contributed by atoms with van der Waals surface area (Å²) in [5.41, 5.74) is 1.98. The molecule has 1 aliphatic heterocycles. The first kappa shape index (κ1) is 12.7. The fourth-order valence-electron chi connectivity index (χ4n) is 2.40. The molecule has 1 atom stereocenters. The van der Waals surface area contributed by atoms with Crippen molar-refractivity contribution in [1.29, 1.82) is 0 Å². The number of fused-ring (bicyclic) bond motifs is 1. The average Bonchev–Trinajstić information content (AvgIpc) is 2.85. The molecule has 3 nitrogen and oxygen atoms in total. The molecule has 19 heavy (non-hydrogen) atoms. The quantitative estimate of drug-likeness (QED) is 0.899. The molecule has 3 rings (SSSR count). The number of halogens is 1. The molecule has 2 heterocycles. The summed E-state index contributed by atoms with van der Waals surface area (Å²) >= 11 is 5.16. The lowest BCUT2D eigenvalue weighted by Gasteiger charge is -2.24. The van der Waals surface area contributed by atoms with Crippen molar-refractivity contribution in [3.63, 3.8) is 0 Å². The molecule has 1 amide bonds.